The second-order valence-corrected chi connectivity index (χ2v) is 7.86. The lowest BCUT2D eigenvalue weighted by atomic mass is 10.1. The first-order valence-electron chi connectivity index (χ1n) is 10.3. The van der Waals surface area contributed by atoms with E-state index in [2.05, 4.69) is 15.4 Å². The minimum atomic E-state index is -0.568. The van der Waals surface area contributed by atoms with Crippen molar-refractivity contribution in [3.8, 4) is 11.4 Å². The van der Waals surface area contributed by atoms with Crippen molar-refractivity contribution in [3.63, 3.8) is 0 Å². The van der Waals surface area contributed by atoms with Crippen LogP contribution < -0.4 is 4.90 Å². The molecule has 0 bridgehead atoms. The minimum Gasteiger partial charge on any atom is -0.362 e. The number of nitro groups is 1. The molecule has 0 N–H and O–H groups in total. The van der Waals surface area contributed by atoms with Gasteiger partial charge in [0.15, 0.2) is 6.04 Å². The lowest BCUT2D eigenvalue weighted by molar-refractivity contribution is -0.384. The number of nitrogens with zero attached hydrogens (tertiary/aromatic N) is 7. The summed E-state index contributed by atoms with van der Waals surface area (Å²) in [6, 6.07) is 13.2. The number of carbonyl (C=O) groups is 1. The van der Waals surface area contributed by atoms with Crippen LogP contribution in [0.1, 0.15) is 19.4 Å². The Morgan fingerprint density at radius 3 is 2.47 bits per heavy atom. The molecular weight excluding hydrogens is 434 g/mol. The summed E-state index contributed by atoms with van der Waals surface area (Å²) in [5.41, 5.74) is 1.41. The third-order valence-corrected chi connectivity index (χ3v) is 5.74. The number of tetrazole rings is 1. The Labute approximate surface area is 189 Å². The molecule has 2 heterocycles. The van der Waals surface area contributed by atoms with Crippen molar-refractivity contribution in [2.75, 3.05) is 31.1 Å². The van der Waals surface area contributed by atoms with Crippen molar-refractivity contribution < 1.29 is 9.72 Å². The van der Waals surface area contributed by atoms with Gasteiger partial charge >= 0.3 is 0 Å². The fraction of sp³-hybridized carbons (Fsp3) is 0.333. The number of carbonyl (C=O) groups excluding carboxylic acids is 1. The number of nitro benzene ring substituents is 1. The molecule has 1 aliphatic heterocycles. The summed E-state index contributed by atoms with van der Waals surface area (Å²) >= 11 is 5.93. The highest BCUT2D eigenvalue weighted by Crippen LogP contribution is 2.29. The molecule has 1 atom stereocenters. The van der Waals surface area contributed by atoms with Gasteiger partial charge in [0.1, 0.15) is 5.69 Å². The number of piperazine rings is 1. The van der Waals surface area contributed by atoms with E-state index in [1.54, 1.807) is 47.4 Å². The monoisotopic (exact) mass is 455 g/mol. The van der Waals surface area contributed by atoms with Gasteiger partial charge in [0.25, 0.3) is 5.69 Å². The Bertz CT molecular complexity index is 1110. The number of hydrogen-bond acceptors (Lipinski definition) is 7. The minimum absolute atomic E-state index is 0.0697. The third kappa shape index (κ3) is 4.40. The van der Waals surface area contributed by atoms with Gasteiger partial charge in [-0.15, -0.1) is 10.2 Å². The smallest absolute Gasteiger partial charge is 0.292 e. The van der Waals surface area contributed by atoms with Gasteiger partial charge in [-0.05, 0) is 42.0 Å². The van der Waals surface area contributed by atoms with Gasteiger partial charge in [-0.25, -0.2) is 0 Å². The van der Waals surface area contributed by atoms with Crippen LogP contribution in [0.3, 0.4) is 0 Å². The summed E-state index contributed by atoms with van der Waals surface area (Å²) in [5.74, 6) is 0.337. The normalized spacial score (nSPS) is 14.9. The molecule has 32 heavy (non-hydrogen) atoms. The lowest BCUT2D eigenvalue weighted by Crippen LogP contribution is -2.51. The van der Waals surface area contributed by atoms with Crippen molar-refractivity contribution in [2.24, 2.45) is 0 Å². The maximum atomic E-state index is 13.2. The largest absolute Gasteiger partial charge is 0.362 e. The van der Waals surface area contributed by atoms with Crippen LogP contribution in [-0.4, -0.2) is 62.1 Å². The molecule has 4 rings (SSSR count). The predicted molar refractivity (Wildman–Crippen MR) is 119 cm³/mol. The first-order valence-corrected chi connectivity index (χ1v) is 10.7. The number of benzene rings is 2. The van der Waals surface area contributed by atoms with Gasteiger partial charge in [0.05, 0.1) is 4.92 Å². The Morgan fingerprint density at radius 1 is 1.12 bits per heavy atom. The molecule has 0 spiro atoms. The Balaban J connectivity index is 1.44. The SMILES string of the molecule is CCC(C(=O)N1CCN(c2ccccc2[N+](=O)[O-])CC1)n1nnc(-c2ccc(Cl)cc2)n1. The van der Waals surface area contributed by atoms with E-state index in [-0.39, 0.29) is 16.5 Å². The zero-order valence-electron chi connectivity index (χ0n) is 17.5. The van der Waals surface area contributed by atoms with Gasteiger partial charge in [-0.2, -0.15) is 4.80 Å². The van der Waals surface area contributed by atoms with Crippen LogP contribution in [0.25, 0.3) is 11.4 Å². The average molecular weight is 456 g/mol. The van der Waals surface area contributed by atoms with Crippen LogP contribution >= 0.6 is 11.6 Å². The van der Waals surface area contributed by atoms with Crippen molar-refractivity contribution in [1.82, 2.24) is 25.1 Å². The maximum absolute atomic E-state index is 13.2. The summed E-state index contributed by atoms with van der Waals surface area (Å²) in [5, 5.41) is 24.5. The predicted octanol–water partition coefficient (Wildman–Crippen LogP) is 3.20. The van der Waals surface area contributed by atoms with Gasteiger partial charge in [-0.1, -0.05) is 30.7 Å². The summed E-state index contributed by atoms with van der Waals surface area (Å²) in [4.78, 5) is 29.2. The molecule has 1 saturated heterocycles. The van der Waals surface area contributed by atoms with Crippen LogP contribution in [-0.2, 0) is 4.79 Å². The van der Waals surface area contributed by atoms with E-state index in [0.717, 1.165) is 5.56 Å². The molecule has 11 heteroatoms. The van der Waals surface area contributed by atoms with Gasteiger partial charge in [-0.3, -0.25) is 14.9 Å². The standard InChI is InChI=1S/C21H22ClN7O3/c1-2-17(28-24-20(23-25-28)15-7-9-16(22)10-8-15)21(30)27-13-11-26(12-14-27)18-5-3-4-6-19(18)29(31)32/h3-10,17H,2,11-14H2,1H3. The highest BCUT2D eigenvalue weighted by molar-refractivity contribution is 6.30. The summed E-state index contributed by atoms with van der Waals surface area (Å²) in [7, 11) is 0. The molecule has 1 aromatic heterocycles. The third-order valence-electron chi connectivity index (χ3n) is 5.49. The molecule has 0 radical (unpaired) electrons. The van der Waals surface area contributed by atoms with Crippen molar-refractivity contribution >= 4 is 28.9 Å². The van der Waals surface area contributed by atoms with Crippen LogP contribution in [0.15, 0.2) is 48.5 Å². The average Bonchev–Trinajstić information content (AvgIpc) is 3.30. The molecule has 2 aromatic carbocycles. The first kappa shape index (κ1) is 21.7. The number of rotatable bonds is 6. The van der Waals surface area contributed by atoms with Crippen LogP contribution in [0.2, 0.25) is 5.02 Å². The summed E-state index contributed by atoms with van der Waals surface area (Å²) < 4.78 is 0. The quantitative estimate of drug-likeness (QED) is 0.414. The molecule has 166 valence electrons. The first-order chi connectivity index (χ1) is 15.5. The Hall–Kier alpha value is -3.53. The van der Waals surface area contributed by atoms with E-state index in [1.807, 2.05) is 11.8 Å². The molecule has 1 amide bonds. The van der Waals surface area contributed by atoms with E-state index in [4.69, 9.17) is 11.6 Å². The van der Waals surface area contributed by atoms with Gasteiger partial charge in [0.2, 0.25) is 11.7 Å². The number of amides is 1. The molecule has 1 unspecified atom stereocenters. The Kier molecular flexibility index (Phi) is 6.31. The topological polar surface area (TPSA) is 110 Å². The zero-order valence-corrected chi connectivity index (χ0v) is 18.2. The highest BCUT2D eigenvalue weighted by atomic mass is 35.5. The van der Waals surface area contributed by atoms with E-state index < -0.39 is 6.04 Å². The molecular formula is C21H22ClN7O3. The number of anilines is 1. The van der Waals surface area contributed by atoms with Gasteiger partial charge in [0, 0.05) is 42.8 Å². The fourth-order valence-corrected chi connectivity index (χ4v) is 3.90. The van der Waals surface area contributed by atoms with Crippen LogP contribution in [0, 0.1) is 10.1 Å². The molecule has 10 nitrogen and oxygen atoms in total. The second kappa shape index (κ2) is 9.31. The van der Waals surface area contributed by atoms with Crippen molar-refractivity contribution in [1.29, 1.82) is 0 Å². The van der Waals surface area contributed by atoms with Crippen molar-refractivity contribution in [3.05, 3.63) is 63.7 Å². The van der Waals surface area contributed by atoms with E-state index in [1.165, 1.54) is 10.9 Å². The molecule has 3 aromatic rings. The molecule has 0 saturated carbocycles. The molecule has 1 fully saturated rings. The number of hydrogen-bond donors (Lipinski definition) is 0. The van der Waals surface area contributed by atoms with Gasteiger partial charge < -0.3 is 9.80 Å². The van der Waals surface area contributed by atoms with E-state index in [0.29, 0.717) is 49.1 Å². The highest BCUT2D eigenvalue weighted by Gasteiger charge is 2.31. The summed E-state index contributed by atoms with van der Waals surface area (Å²) in [6.45, 7) is 3.83. The molecule has 1 aliphatic rings. The zero-order chi connectivity index (χ0) is 22.7. The van der Waals surface area contributed by atoms with Crippen molar-refractivity contribution in [2.45, 2.75) is 19.4 Å². The number of para-hydroxylation sites is 2. The lowest BCUT2D eigenvalue weighted by Gasteiger charge is -2.36. The van der Waals surface area contributed by atoms with E-state index in [9.17, 15) is 14.9 Å². The fourth-order valence-electron chi connectivity index (χ4n) is 3.77. The Morgan fingerprint density at radius 2 is 1.81 bits per heavy atom. The van der Waals surface area contributed by atoms with E-state index >= 15 is 0 Å². The number of halogens is 1. The summed E-state index contributed by atoms with van der Waals surface area (Å²) in [6.07, 6.45) is 0.514. The van der Waals surface area contributed by atoms with Crippen LogP contribution in [0.5, 0.6) is 0 Å². The second-order valence-electron chi connectivity index (χ2n) is 7.42. The molecule has 0 aliphatic carbocycles. The van der Waals surface area contributed by atoms with Crippen LogP contribution in [0.4, 0.5) is 11.4 Å². The maximum Gasteiger partial charge on any atom is 0.292 e. The number of aromatic nitrogens is 4.